The summed E-state index contributed by atoms with van der Waals surface area (Å²) in [6, 6.07) is 25.3. The summed E-state index contributed by atoms with van der Waals surface area (Å²) in [4.78, 5) is 5.00. The molecule has 0 spiro atoms. The maximum atomic E-state index is 9.80. The lowest BCUT2D eigenvalue weighted by Gasteiger charge is -2.18. The largest absolute Gasteiger partial charge is 0.508 e. The number of azide groups is 1. The summed E-state index contributed by atoms with van der Waals surface area (Å²) in [6.45, 7) is 1.82. The molecule has 0 saturated carbocycles. The maximum Gasteiger partial charge on any atom is 0.119 e. The molecule has 0 bridgehead atoms. The van der Waals surface area contributed by atoms with Gasteiger partial charge in [0.1, 0.15) is 18.1 Å². The zero-order chi connectivity index (χ0) is 22.8. The van der Waals surface area contributed by atoms with Gasteiger partial charge in [-0.05, 0) is 78.1 Å². The highest BCUT2D eigenvalue weighted by Gasteiger charge is 2.14. The number of nitrogens with zero attached hydrogens (tertiary/aromatic N) is 4. The van der Waals surface area contributed by atoms with Crippen LogP contribution < -0.4 is 4.74 Å². The molecule has 0 aliphatic heterocycles. The number of hydrogen-bond acceptors (Lipinski definition) is 4. The fraction of sp³-hybridized carbons (Fsp3) is 0.231. The van der Waals surface area contributed by atoms with Crippen LogP contribution in [0.15, 0.2) is 84.0 Å². The van der Waals surface area contributed by atoms with E-state index in [1.54, 1.807) is 12.1 Å². The van der Waals surface area contributed by atoms with Gasteiger partial charge < -0.3 is 14.7 Å². The van der Waals surface area contributed by atoms with E-state index in [2.05, 4.69) is 27.1 Å². The van der Waals surface area contributed by atoms with Crippen LogP contribution in [0.25, 0.3) is 21.6 Å². The SMILES string of the molecule is CN(C)CCOc1ccc(/C(=C(/CCN=[N+]=[N-])c2ccccc2)c2ccc(O)cc2)cc1. The molecule has 1 N–H and O–H groups in total. The predicted molar refractivity (Wildman–Crippen MR) is 130 cm³/mol. The summed E-state index contributed by atoms with van der Waals surface area (Å²) in [5.74, 6) is 1.03. The molecule has 0 atom stereocenters. The molecule has 0 aliphatic carbocycles. The zero-order valence-corrected chi connectivity index (χ0v) is 18.5. The van der Waals surface area contributed by atoms with Crippen molar-refractivity contribution in [2.45, 2.75) is 6.42 Å². The quantitative estimate of drug-likeness (QED) is 0.186. The van der Waals surface area contributed by atoms with Crippen molar-refractivity contribution in [3.8, 4) is 11.5 Å². The molecule has 0 saturated heterocycles. The Balaban J connectivity index is 2.07. The number of likely N-dealkylation sites (N-methyl/N-ethyl adjacent to an activating group) is 1. The molecule has 6 heteroatoms. The van der Waals surface area contributed by atoms with Crippen molar-refractivity contribution in [2.75, 3.05) is 33.8 Å². The zero-order valence-electron chi connectivity index (χ0n) is 18.5. The predicted octanol–water partition coefficient (Wildman–Crippen LogP) is 5.99. The van der Waals surface area contributed by atoms with Crippen LogP contribution in [0.3, 0.4) is 0 Å². The molecule has 3 rings (SSSR count). The minimum Gasteiger partial charge on any atom is -0.508 e. The van der Waals surface area contributed by atoms with Crippen molar-refractivity contribution in [1.82, 2.24) is 4.90 Å². The lowest BCUT2D eigenvalue weighted by atomic mass is 9.88. The molecule has 6 nitrogen and oxygen atoms in total. The smallest absolute Gasteiger partial charge is 0.119 e. The summed E-state index contributed by atoms with van der Waals surface area (Å²) in [5.41, 5.74) is 14.0. The minimum atomic E-state index is 0.216. The van der Waals surface area contributed by atoms with Crippen molar-refractivity contribution in [3.05, 3.63) is 106 Å². The average Bonchev–Trinajstić information content (AvgIpc) is 2.81. The van der Waals surface area contributed by atoms with E-state index in [1.165, 1.54) is 0 Å². The van der Waals surface area contributed by atoms with Crippen LogP contribution in [0.5, 0.6) is 11.5 Å². The van der Waals surface area contributed by atoms with Gasteiger partial charge in [-0.2, -0.15) is 0 Å². The molecule has 0 fully saturated rings. The van der Waals surface area contributed by atoms with Crippen LogP contribution in [-0.2, 0) is 0 Å². The van der Waals surface area contributed by atoms with E-state index in [1.807, 2.05) is 68.7 Å². The summed E-state index contributed by atoms with van der Waals surface area (Å²) in [5, 5.41) is 13.6. The van der Waals surface area contributed by atoms with Gasteiger partial charge in [0.05, 0.1) is 0 Å². The molecule has 0 radical (unpaired) electrons. The minimum absolute atomic E-state index is 0.216. The first-order valence-electron chi connectivity index (χ1n) is 10.6. The molecule has 3 aromatic rings. The first-order valence-corrected chi connectivity index (χ1v) is 10.6. The Morgan fingerprint density at radius 3 is 2.12 bits per heavy atom. The molecular weight excluding hydrogens is 400 g/mol. The summed E-state index contributed by atoms with van der Waals surface area (Å²) in [6.07, 6.45) is 0.589. The second kappa shape index (κ2) is 11.6. The van der Waals surface area contributed by atoms with Crippen LogP contribution in [0, 0.1) is 0 Å². The van der Waals surface area contributed by atoms with Crippen molar-refractivity contribution in [2.24, 2.45) is 5.11 Å². The van der Waals surface area contributed by atoms with Gasteiger partial charge in [-0.1, -0.05) is 59.7 Å². The van der Waals surface area contributed by atoms with Gasteiger partial charge in [-0.3, -0.25) is 0 Å². The first kappa shape index (κ1) is 22.9. The fourth-order valence-electron chi connectivity index (χ4n) is 3.47. The Kier molecular flexibility index (Phi) is 8.32. The molecule has 0 unspecified atom stereocenters. The van der Waals surface area contributed by atoms with E-state index in [9.17, 15) is 5.11 Å². The number of benzene rings is 3. The molecule has 0 aliphatic rings. The van der Waals surface area contributed by atoms with Crippen molar-refractivity contribution >= 4 is 11.1 Å². The molecule has 3 aromatic carbocycles. The topological polar surface area (TPSA) is 81.5 Å². The maximum absolute atomic E-state index is 9.80. The Hall–Kier alpha value is -3.73. The number of rotatable bonds is 10. The van der Waals surface area contributed by atoms with Crippen molar-refractivity contribution < 1.29 is 9.84 Å². The molecule has 32 heavy (non-hydrogen) atoms. The highest BCUT2D eigenvalue weighted by atomic mass is 16.5. The van der Waals surface area contributed by atoms with E-state index < -0.39 is 0 Å². The Labute approximate surface area is 189 Å². The highest BCUT2D eigenvalue weighted by molar-refractivity contribution is 5.98. The average molecular weight is 429 g/mol. The molecule has 0 amide bonds. The number of ether oxygens (including phenoxy) is 1. The molecule has 0 aromatic heterocycles. The van der Waals surface area contributed by atoms with E-state index in [4.69, 9.17) is 10.3 Å². The van der Waals surface area contributed by atoms with Gasteiger partial charge in [-0.25, -0.2) is 0 Å². The van der Waals surface area contributed by atoms with Crippen molar-refractivity contribution in [3.63, 3.8) is 0 Å². The summed E-state index contributed by atoms with van der Waals surface area (Å²) >= 11 is 0. The normalized spacial score (nSPS) is 11.6. The van der Waals surface area contributed by atoms with Gasteiger partial charge in [0.25, 0.3) is 0 Å². The fourth-order valence-corrected chi connectivity index (χ4v) is 3.47. The first-order chi connectivity index (χ1) is 15.6. The van der Waals surface area contributed by atoms with Crippen LogP contribution in [0.2, 0.25) is 0 Å². The third-order valence-corrected chi connectivity index (χ3v) is 5.06. The van der Waals surface area contributed by atoms with E-state index >= 15 is 0 Å². The number of phenolic OH excluding ortho intramolecular Hbond substituents is 1. The van der Waals surface area contributed by atoms with Crippen LogP contribution >= 0.6 is 0 Å². The van der Waals surface area contributed by atoms with Gasteiger partial charge in [0.15, 0.2) is 0 Å². The van der Waals surface area contributed by atoms with Crippen LogP contribution in [0.4, 0.5) is 0 Å². The summed E-state index contributed by atoms with van der Waals surface area (Å²) in [7, 11) is 4.03. The third-order valence-electron chi connectivity index (χ3n) is 5.06. The highest BCUT2D eigenvalue weighted by Crippen LogP contribution is 2.35. The monoisotopic (exact) mass is 428 g/mol. The Bertz CT molecular complexity index is 1070. The number of aromatic hydroxyl groups is 1. The summed E-state index contributed by atoms with van der Waals surface area (Å²) < 4.78 is 5.85. The molecule has 0 heterocycles. The third kappa shape index (κ3) is 6.38. The molecule has 164 valence electrons. The number of phenols is 1. The Morgan fingerprint density at radius 1 is 0.906 bits per heavy atom. The second-order valence-corrected chi connectivity index (χ2v) is 7.65. The van der Waals surface area contributed by atoms with Gasteiger partial charge in [0.2, 0.25) is 0 Å². The molecular formula is C26H28N4O2. The second-order valence-electron chi connectivity index (χ2n) is 7.65. The lowest BCUT2D eigenvalue weighted by Crippen LogP contribution is -2.19. The van der Waals surface area contributed by atoms with E-state index in [-0.39, 0.29) is 5.75 Å². The van der Waals surface area contributed by atoms with E-state index in [0.717, 1.165) is 40.1 Å². The Morgan fingerprint density at radius 2 is 1.53 bits per heavy atom. The number of hydrogen-bond donors (Lipinski definition) is 1. The van der Waals surface area contributed by atoms with Crippen molar-refractivity contribution in [1.29, 1.82) is 0 Å². The van der Waals surface area contributed by atoms with E-state index in [0.29, 0.717) is 19.6 Å². The van der Waals surface area contributed by atoms with Gasteiger partial charge in [-0.15, -0.1) is 0 Å². The van der Waals surface area contributed by atoms with Crippen LogP contribution in [0.1, 0.15) is 23.1 Å². The van der Waals surface area contributed by atoms with Crippen LogP contribution in [-0.4, -0.2) is 43.8 Å². The van der Waals surface area contributed by atoms with Gasteiger partial charge in [0, 0.05) is 18.0 Å². The lowest BCUT2D eigenvalue weighted by molar-refractivity contribution is 0.261. The van der Waals surface area contributed by atoms with Gasteiger partial charge >= 0.3 is 0 Å². The standard InChI is InChI=1S/C26H28N4O2/c1-30(2)18-19-32-24-14-10-22(11-15-24)26(21-8-12-23(31)13-9-21)25(16-17-28-29-27)20-6-4-3-5-7-20/h3-15,31H,16-19H2,1-2H3/b26-25-.